The van der Waals surface area contributed by atoms with Gasteiger partial charge in [-0.15, -0.1) is 12.4 Å². The van der Waals surface area contributed by atoms with Gasteiger partial charge in [0.25, 0.3) is 5.91 Å². The number of fused-ring (bicyclic) bond motifs is 2. The molecule has 0 aromatic carbocycles. The van der Waals surface area contributed by atoms with E-state index in [1.165, 1.54) is 0 Å². The molecule has 0 saturated carbocycles. The lowest BCUT2D eigenvalue weighted by molar-refractivity contribution is 0.0308. The number of nitrogens with zero attached hydrogens (tertiary/aromatic N) is 2. The van der Waals surface area contributed by atoms with Crippen molar-refractivity contribution in [2.45, 2.75) is 24.7 Å². The van der Waals surface area contributed by atoms with E-state index in [2.05, 4.69) is 42.5 Å². The molecule has 0 unspecified atom stereocenters. The van der Waals surface area contributed by atoms with Crippen LogP contribution in [0, 0.1) is 0 Å². The first-order chi connectivity index (χ1) is 9.04. The van der Waals surface area contributed by atoms with E-state index in [1.807, 2.05) is 4.57 Å². The largest absolute Gasteiger partial charge is 0.318 e. The minimum absolute atomic E-state index is 0. The SMILES string of the molecule is Cl.O=C1N[C@H]2n3c(cc(Br)c3Br)C(=O)N3CCC[C@]23N1. The zero-order chi connectivity index (χ0) is 13.4. The Labute approximate surface area is 137 Å². The quantitative estimate of drug-likeness (QED) is 0.668. The van der Waals surface area contributed by atoms with Gasteiger partial charge in [0.05, 0.1) is 4.47 Å². The number of hydrogen-bond donors (Lipinski definition) is 2. The van der Waals surface area contributed by atoms with Gasteiger partial charge in [-0.05, 0) is 50.8 Å². The average molecular weight is 426 g/mol. The van der Waals surface area contributed by atoms with Gasteiger partial charge in [0.2, 0.25) is 0 Å². The smallest absolute Gasteiger partial charge is 0.313 e. The predicted molar refractivity (Wildman–Crippen MR) is 80.8 cm³/mol. The summed E-state index contributed by atoms with van der Waals surface area (Å²) in [6.07, 6.45) is 1.40. The maximum atomic E-state index is 12.6. The number of carbonyl (C=O) groups excluding carboxylic acids is 2. The van der Waals surface area contributed by atoms with Gasteiger partial charge in [0, 0.05) is 6.54 Å². The third-order valence-corrected chi connectivity index (χ3v) is 6.07. The Morgan fingerprint density at radius 1 is 1.35 bits per heavy atom. The summed E-state index contributed by atoms with van der Waals surface area (Å²) < 4.78 is 3.44. The van der Waals surface area contributed by atoms with Crippen LogP contribution in [0.25, 0.3) is 0 Å². The lowest BCUT2D eigenvalue weighted by atomic mass is 10.0. The fraction of sp³-hybridized carbons (Fsp3) is 0.455. The molecule has 108 valence electrons. The van der Waals surface area contributed by atoms with E-state index in [0.29, 0.717) is 12.2 Å². The Hall–Kier alpha value is -0.730. The molecule has 1 spiro atoms. The van der Waals surface area contributed by atoms with Crippen LogP contribution >= 0.6 is 44.3 Å². The van der Waals surface area contributed by atoms with E-state index in [9.17, 15) is 9.59 Å². The standard InChI is InChI=1S/C11H10Br2N4O2.ClH/c12-5-4-6-8(18)16-3-1-2-11(16)9(14-10(19)15-11)17(6)7(5)13;/h4,9H,1-3H2,(H2,14,15,19);1H/t9-,11+;/m0./s1. The maximum Gasteiger partial charge on any atom is 0.318 e. The number of halogens is 3. The summed E-state index contributed by atoms with van der Waals surface area (Å²) in [5, 5.41) is 5.85. The molecule has 9 heteroatoms. The van der Waals surface area contributed by atoms with Crippen LogP contribution in [0.2, 0.25) is 0 Å². The van der Waals surface area contributed by atoms with Gasteiger partial charge in [-0.1, -0.05) is 0 Å². The highest BCUT2D eigenvalue weighted by molar-refractivity contribution is 9.13. The normalized spacial score (nSPS) is 30.1. The predicted octanol–water partition coefficient (Wildman–Crippen LogP) is 2.19. The molecule has 1 aromatic heterocycles. The van der Waals surface area contributed by atoms with E-state index in [4.69, 9.17) is 0 Å². The van der Waals surface area contributed by atoms with Gasteiger partial charge in [-0.25, -0.2) is 4.79 Å². The highest BCUT2D eigenvalue weighted by Crippen LogP contribution is 2.46. The highest BCUT2D eigenvalue weighted by atomic mass is 79.9. The number of amides is 3. The summed E-state index contributed by atoms with van der Waals surface area (Å²) in [6.45, 7) is 0.678. The molecule has 0 radical (unpaired) electrons. The molecule has 6 nitrogen and oxygen atoms in total. The molecule has 2 saturated heterocycles. The minimum atomic E-state index is -0.623. The Balaban J connectivity index is 0.00000121. The summed E-state index contributed by atoms with van der Waals surface area (Å²) in [7, 11) is 0. The first-order valence-corrected chi connectivity index (χ1v) is 7.60. The molecule has 2 N–H and O–H groups in total. The number of aromatic nitrogens is 1. The third kappa shape index (κ3) is 1.50. The van der Waals surface area contributed by atoms with Crippen LogP contribution in [0.1, 0.15) is 29.5 Å². The summed E-state index contributed by atoms with van der Waals surface area (Å²) in [4.78, 5) is 26.2. The second kappa shape index (κ2) is 4.38. The summed E-state index contributed by atoms with van der Waals surface area (Å²) in [6, 6.07) is 1.56. The molecule has 0 bridgehead atoms. The van der Waals surface area contributed by atoms with E-state index >= 15 is 0 Å². The van der Waals surface area contributed by atoms with Crippen LogP contribution in [0.5, 0.6) is 0 Å². The molecule has 3 aliphatic heterocycles. The van der Waals surface area contributed by atoms with Crippen molar-refractivity contribution < 1.29 is 9.59 Å². The number of hydrogen-bond acceptors (Lipinski definition) is 2. The van der Waals surface area contributed by atoms with Crippen LogP contribution in [-0.2, 0) is 0 Å². The van der Waals surface area contributed by atoms with E-state index < -0.39 is 5.66 Å². The fourth-order valence-electron chi connectivity index (χ4n) is 3.39. The Morgan fingerprint density at radius 3 is 2.85 bits per heavy atom. The number of carbonyl (C=O) groups is 2. The van der Waals surface area contributed by atoms with Crippen molar-refractivity contribution in [3.63, 3.8) is 0 Å². The van der Waals surface area contributed by atoms with Crippen LogP contribution < -0.4 is 10.6 Å². The first kappa shape index (κ1) is 14.2. The summed E-state index contributed by atoms with van der Waals surface area (Å²) in [5.74, 6) is -0.0378. The number of urea groups is 1. The van der Waals surface area contributed by atoms with Gasteiger partial charge in [-0.2, -0.15) is 0 Å². The highest BCUT2D eigenvalue weighted by Gasteiger charge is 2.60. The molecular formula is C11H11Br2ClN4O2. The van der Waals surface area contributed by atoms with Crippen LogP contribution in [0.4, 0.5) is 4.79 Å². The van der Waals surface area contributed by atoms with E-state index in [0.717, 1.165) is 21.9 Å². The Bertz CT molecular complexity index is 634. The summed E-state index contributed by atoms with van der Waals surface area (Å²) >= 11 is 6.90. The first-order valence-electron chi connectivity index (χ1n) is 6.01. The zero-order valence-corrected chi connectivity index (χ0v) is 14.1. The lowest BCUT2D eigenvalue weighted by Crippen LogP contribution is -2.62. The molecule has 20 heavy (non-hydrogen) atoms. The van der Waals surface area contributed by atoms with Crippen molar-refractivity contribution in [2.75, 3.05) is 6.54 Å². The molecule has 0 aliphatic carbocycles. The van der Waals surface area contributed by atoms with E-state index in [-0.39, 0.29) is 30.5 Å². The van der Waals surface area contributed by atoms with Crippen molar-refractivity contribution >= 4 is 56.2 Å². The number of rotatable bonds is 0. The van der Waals surface area contributed by atoms with Crippen LogP contribution in [0.3, 0.4) is 0 Å². The average Bonchev–Trinajstić information content (AvgIpc) is 2.99. The van der Waals surface area contributed by atoms with Crippen molar-refractivity contribution in [3.8, 4) is 0 Å². The monoisotopic (exact) mass is 424 g/mol. The van der Waals surface area contributed by atoms with Gasteiger partial charge in [0.15, 0.2) is 11.8 Å². The topological polar surface area (TPSA) is 66.4 Å². The molecule has 3 aliphatic rings. The Morgan fingerprint density at radius 2 is 2.10 bits per heavy atom. The van der Waals surface area contributed by atoms with Gasteiger partial charge in [0.1, 0.15) is 10.3 Å². The fourth-order valence-corrected chi connectivity index (χ4v) is 4.30. The number of nitrogens with one attached hydrogen (secondary N) is 2. The molecule has 4 heterocycles. The van der Waals surface area contributed by atoms with Gasteiger partial charge < -0.3 is 20.1 Å². The maximum absolute atomic E-state index is 12.6. The van der Waals surface area contributed by atoms with E-state index in [1.54, 1.807) is 11.0 Å². The van der Waals surface area contributed by atoms with Crippen molar-refractivity contribution in [2.24, 2.45) is 0 Å². The third-order valence-electron chi connectivity index (χ3n) is 4.13. The molecule has 1 aromatic rings. The molecule has 3 amide bonds. The zero-order valence-electron chi connectivity index (χ0n) is 10.2. The second-order valence-corrected chi connectivity index (χ2v) is 6.63. The minimum Gasteiger partial charge on any atom is -0.313 e. The molecular weight excluding hydrogens is 415 g/mol. The van der Waals surface area contributed by atoms with Crippen LogP contribution in [-0.4, -0.2) is 33.6 Å². The van der Waals surface area contributed by atoms with Crippen LogP contribution in [0.15, 0.2) is 15.1 Å². The molecule has 2 fully saturated rings. The van der Waals surface area contributed by atoms with Gasteiger partial charge >= 0.3 is 6.03 Å². The van der Waals surface area contributed by atoms with Gasteiger partial charge in [-0.3, -0.25) is 4.79 Å². The summed E-state index contributed by atoms with van der Waals surface area (Å²) in [5.41, 5.74) is -0.0347. The lowest BCUT2D eigenvalue weighted by Gasteiger charge is -2.43. The van der Waals surface area contributed by atoms with Crippen molar-refractivity contribution in [1.82, 2.24) is 20.1 Å². The molecule has 2 atom stereocenters. The molecule has 4 rings (SSSR count). The second-order valence-electron chi connectivity index (χ2n) is 5.02. The van der Waals surface area contributed by atoms with Crippen molar-refractivity contribution in [1.29, 1.82) is 0 Å². The Kier molecular flexibility index (Phi) is 3.11. The van der Waals surface area contributed by atoms with Crippen molar-refractivity contribution in [3.05, 3.63) is 20.8 Å².